The first-order valence-electron chi connectivity index (χ1n) is 6.43. The third-order valence-corrected chi connectivity index (χ3v) is 3.76. The first-order valence-corrected chi connectivity index (χ1v) is 7.71. The standard InChI is InChI=1S/C14H14N2O4S2/c1-2-20-12(19)5-8-7-22-14(15-8)16-13(21)10-4-3-9(17)6-11(10)18/h3-4,6-7,17-18H,2,5H2,1H3,(H,15,16,21). The fraction of sp³-hybridized carbons (Fsp3) is 0.214. The van der Waals surface area contributed by atoms with Crippen molar-refractivity contribution in [2.75, 3.05) is 11.9 Å². The molecule has 116 valence electrons. The van der Waals surface area contributed by atoms with E-state index in [-0.39, 0.29) is 28.9 Å². The number of carbonyl (C=O) groups excluding carboxylic acids is 1. The van der Waals surface area contributed by atoms with Gasteiger partial charge in [0, 0.05) is 11.4 Å². The highest BCUT2D eigenvalue weighted by atomic mass is 32.1. The van der Waals surface area contributed by atoms with Gasteiger partial charge in [0.2, 0.25) is 0 Å². The van der Waals surface area contributed by atoms with E-state index in [0.29, 0.717) is 23.0 Å². The summed E-state index contributed by atoms with van der Waals surface area (Å²) in [5.41, 5.74) is 0.971. The summed E-state index contributed by atoms with van der Waals surface area (Å²) in [5, 5.41) is 24.2. The minimum Gasteiger partial charge on any atom is -0.508 e. The summed E-state index contributed by atoms with van der Waals surface area (Å²) < 4.78 is 4.86. The quantitative estimate of drug-likeness (QED) is 0.570. The van der Waals surface area contributed by atoms with Crippen molar-refractivity contribution in [1.29, 1.82) is 0 Å². The van der Waals surface area contributed by atoms with Gasteiger partial charge in [-0.2, -0.15) is 0 Å². The predicted molar refractivity (Wildman–Crippen MR) is 87.5 cm³/mol. The lowest BCUT2D eigenvalue weighted by Crippen LogP contribution is -2.11. The second-order valence-electron chi connectivity index (χ2n) is 4.28. The normalized spacial score (nSPS) is 10.2. The van der Waals surface area contributed by atoms with E-state index in [4.69, 9.17) is 17.0 Å². The van der Waals surface area contributed by atoms with Crippen LogP contribution in [-0.4, -0.2) is 32.8 Å². The topological polar surface area (TPSA) is 91.7 Å². The summed E-state index contributed by atoms with van der Waals surface area (Å²) in [6, 6.07) is 4.14. The van der Waals surface area contributed by atoms with Gasteiger partial charge in [0.25, 0.3) is 0 Å². The average Bonchev–Trinajstić information content (AvgIpc) is 2.85. The smallest absolute Gasteiger partial charge is 0.311 e. The SMILES string of the molecule is CCOC(=O)Cc1csc(NC(=S)c2ccc(O)cc2O)n1. The highest BCUT2D eigenvalue weighted by Crippen LogP contribution is 2.25. The van der Waals surface area contributed by atoms with Crippen molar-refractivity contribution in [1.82, 2.24) is 4.98 Å². The Bertz CT molecular complexity index is 700. The molecule has 0 aliphatic heterocycles. The maximum atomic E-state index is 11.4. The number of phenols is 2. The summed E-state index contributed by atoms with van der Waals surface area (Å²) in [5.74, 6) is -0.506. The van der Waals surface area contributed by atoms with Crippen molar-refractivity contribution >= 4 is 39.6 Å². The summed E-state index contributed by atoms with van der Waals surface area (Å²) >= 11 is 6.49. The second-order valence-corrected chi connectivity index (χ2v) is 5.55. The van der Waals surface area contributed by atoms with Crippen LogP contribution >= 0.6 is 23.6 Å². The van der Waals surface area contributed by atoms with E-state index in [1.165, 1.54) is 29.5 Å². The molecule has 2 rings (SSSR count). The van der Waals surface area contributed by atoms with Crippen LogP contribution < -0.4 is 5.32 Å². The van der Waals surface area contributed by atoms with Crippen molar-refractivity contribution in [3.63, 3.8) is 0 Å². The van der Waals surface area contributed by atoms with Gasteiger partial charge in [0.05, 0.1) is 24.3 Å². The summed E-state index contributed by atoms with van der Waals surface area (Å²) in [4.78, 5) is 15.9. The molecule has 0 radical (unpaired) electrons. The number of hydrogen-bond acceptors (Lipinski definition) is 7. The number of aromatic hydroxyl groups is 2. The number of rotatable bonds is 5. The van der Waals surface area contributed by atoms with E-state index in [1.807, 2.05) is 0 Å². The molecule has 0 spiro atoms. The van der Waals surface area contributed by atoms with E-state index >= 15 is 0 Å². The number of nitrogens with zero attached hydrogens (tertiary/aromatic N) is 1. The van der Waals surface area contributed by atoms with Gasteiger partial charge >= 0.3 is 5.97 Å². The molecule has 22 heavy (non-hydrogen) atoms. The highest BCUT2D eigenvalue weighted by Gasteiger charge is 2.12. The minimum atomic E-state index is -0.335. The van der Waals surface area contributed by atoms with Crippen LogP contribution in [0.4, 0.5) is 5.13 Å². The third kappa shape index (κ3) is 4.15. The number of aromatic nitrogens is 1. The Hall–Kier alpha value is -2.19. The lowest BCUT2D eigenvalue weighted by atomic mass is 10.2. The summed E-state index contributed by atoms with van der Waals surface area (Å²) in [6.07, 6.45) is 0.100. The first-order chi connectivity index (χ1) is 10.5. The molecular weight excluding hydrogens is 324 g/mol. The van der Waals surface area contributed by atoms with E-state index in [0.717, 1.165) is 0 Å². The van der Waals surface area contributed by atoms with Crippen LogP contribution in [0, 0.1) is 0 Å². The van der Waals surface area contributed by atoms with Crippen molar-refractivity contribution in [2.24, 2.45) is 0 Å². The molecule has 0 unspecified atom stereocenters. The number of ether oxygens (including phenoxy) is 1. The Balaban J connectivity index is 2.03. The van der Waals surface area contributed by atoms with E-state index < -0.39 is 0 Å². The van der Waals surface area contributed by atoms with Gasteiger partial charge in [0.15, 0.2) is 5.13 Å². The van der Waals surface area contributed by atoms with Crippen molar-refractivity contribution in [2.45, 2.75) is 13.3 Å². The summed E-state index contributed by atoms with van der Waals surface area (Å²) in [7, 11) is 0. The van der Waals surface area contributed by atoms with Crippen molar-refractivity contribution < 1.29 is 19.7 Å². The molecule has 0 bridgehead atoms. The first kappa shape index (κ1) is 16.2. The predicted octanol–water partition coefficient (Wildman–Crippen LogP) is 2.45. The van der Waals surface area contributed by atoms with Gasteiger partial charge in [-0.1, -0.05) is 12.2 Å². The van der Waals surface area contributed by atoms with Gasteiger partial charge in [-0.3, -0.25) is 4.79 Å². The number of esters is 1. The van der Waals surface area contributed by atoms with Crippen LogP contribution in [0.2, 0.25) is 0 Å². The van der Waals surface area contributed by atoms with Gasteiger partial charge in [-0.25, -0.2) is 4.98 Å². The third-order valence-electron chi connectivity index (χ3n) is 2.63. The van der Waals surface area contributed by atoms with Crippen LogP contribution in [0.3, 0.4) is 0 Å². The molecule has 1 heterocycles. The fourth-order valence-corrected chi connectivity index (χ4v) is 2.73. The molecule has 2 aromatic rings. The van der Waals surface area contributed by atoms with Crippen LogP contribution in [0.15, 0.2) is 23.6 Å². The molecule has 0 atom stereocenters. The molecule has 0 aliphatic carbocycles. The monoisotopic (exact) mass is 338 g/mol. The Morgan fingerprint density at radius 2 is 2.23 bits per heavy atom. The zero-order chi connectivity index (χ0) is 16.1. The van der Waals surface area contributed by atoms with E-state index in [1.54, 1.807) is 12.3 Å². The van der Waals surface area contributed by atoms with Gasteiger partial charge in [0.1, 0.15) is 16.5 Å². The second kappa shape index (κ2) is 7.19. The zero-order valence-electron chi connectivity index (χ0n) is 11.7. The van der Waals surface area contributed by atoms with Crippen molar-refractivity contribution in [3.8, 4) is 11.5 Å². The highest BCUT2D eigenvalue weighted by molar-refractivity contribution is 7.81. The average molecular weight is 338 g/mol. The Morgan fingerprint density at radius 3 is 2.91 bits per heavy atom. The number of thiazole rings is 1. The van der Waals surface area contributed by atoms with E-state index in [2.05, 4.69) is 10.3 Å². The molecule has 1 aromatic heterocycles. The number of hydrogen-bond donors (Lipinski definition) is 3. The summed E-state index contributed by atoms with van der Waals surface area (Å²) in [6.45, 7) is 2.08. The lowest BCUT2D eigenvalue weighted by molar-refractivity contribution is -0.142. The van der Waals surface area contributed by atoms with Crippen molar-refractivity contribution in [3.05, 3.63) is 34.8 Å². The van der Waals surface area contributed by atoms with Crippen LogP contribution in [0.5, 0.6) is 11.5 Å². The van der Waals surface area contributed by atoms with Gasteiger partial charge < -0.3 is 20.3 Å². The zero-order valence-corrected chi connectivity index (χ0v) is 13.3. The molecule has 0 saturated carbocycles. The minimum absolute atomic E-state index is 0.0463. The number of thiocarbonyl (C=S) groups is 1. The molecule has 0 saturated heterocycles. The van der Waals surface area contributed by atoms with Gasteiger partial charge in [-0.05, 0) is 19.1 Å². The number of phenolic OH excluding ortho intramolecular Hbond substituents is 2. The molecule has 0 amide bonds. The number of nitrogens with one attached hydrogen (secondary N) is 1. The molecular formula is C14H14N2O4S2. The van der Waals surface area contributed by atoms with Crippen LogP contribution in [0.1, 0.15) is 18.2 Å². The van der Waals surface area contributed by atoms with Crippen LogP contribution in [0.25, 0.3) is 0 Å². The fourth-order valence-electron chi connectivity index (χ4n) is 1.68. The molecule has 1 aromatic carbocycles. The Kier molecular flexibility index (Phi) is 5.29. The number of benzene rings is 1. The Morgan fingerprint density at radius 1 is 1.45 bits per heavy atom. The lowest BCUT2D eigenvalue weighted by Gasteiger charge is -2.07. The maximum absolute atomic E-state index is 11.4. The number of anilines is 1. The maximum Gasteiger partial charge on any atom is 0.311 e. The number of carbonyl (C=O) groups is 1. The Labute approximate surface area is 136 Å². The largest absolute Gasteiger partial charge is 0.508 e. The molecule has 8 heteroatoms. The molecule has 3 N–H and O–H groups in total. The molecule has 6 nitrogen and oxygen atoms in total. The van der Waals surface area contributed by atoms with E-state index in [9.17, 15) is 15.0 Å². The molecule has 0 fully saturated rings. The molecule has 0 aliphatic rings. The van der Waals surface area contributed by atoms with Gasteiger partial charge in [-0.15, -0.1) is 11.3 Å². The van der Waals surface area contributed by atoms with Crippen LogP contribution in [-0.2, 0) is 16.0 Å².